The Kier molecular flexibility index (Phi) is 12.8. The van der Waals surface area contributed by atoms with Crippen LogP contribution in [0.5, 0.6) is 0 Å². The summed E-state index contributed by atoms with van der Waals surface area (Å²) in [6, 6.07) is 41.1. The van der Waals surface area contributed by atoms with Gasteiger partial charge in [0, 0.05) is 75.7 Å². The molecule has 6 nitrogen and oxygen atoms in total. The second-order valence-corrected chi connectivity index (χ2v) is 16.6. The Morgan fingerprint density at radius 3 is 2.04 bits per heavy atom. The number of sulfonamides is 1. The van der Waals surface area contributed by atoms with Crippen LogP contribution in [-0.4, -0.2) is 50.7 Å². The summed E-state index contributed by atoms with van der Waals surface area (Å²) in [7, 11) is -3.76. The van der Waals surface area contributed by atoms with E-state index in [4.69, 9.17) is 4.42 Å². The van der Waals surface area contributed by atoms with Gasteiger partial charge in [0.05, 0.1) is 16.8 Å². The van der Waals surface area contributed by atoms with Crippen molar-refractivity contribution in [1.82, 2.24) is 8.88 Å². The zero-order valence-corrected chi connectivity index (χ0v) is 32.9. The zero-order valence-electron chi connectivity index (χ0n) is 30.5. The molecule has 0 saturated carbocycles. The highest BCUT2D eigenvalue weighted by Crippen LogP contribution is 2.43. The van der Waals surface area contributed by atoms with Crippen LogP contribution in [0.3, 0.4) is 0 Å². The highest BCUT2D eigenvalue weighted by molar-refractivity contribution is 7.99. The molecule has 0 bridgehead atoms. The third-order valence-electron chi connectivity index (χ3n) is 9.15. The van der Waals surface area contributed by atoms with Crippen LogP contribution in [0.4, 0.5) is 5.69 Å². The Morgan fingerprint density at radius 2 is 1.37 bits per heavy atom. The number of nitrogens with zero attached hydrogens (tertiary/aromatic N) is 3. The first-order valence-electron chi connectivity index (χ1n) is 18.2. The van der Waals surface area contributed by atoms with E-state index in [0.29, 0.717) is 23.5 Å². The smallest absolute Gasteiger partial charge is 0.243 e. The SMILES string of the molecule is CCCN(CSc1ccccc1)c1ccc2c(-c3ccccc3S(=O)(=O)N(CC)CC)c3cc/c(=[N+](\CCC)CSc4ccccc4)cc-3oc2c1. The van der Waals surface area contributed by atoms with Crippen molar-refractivity contribution >= 4 is 50.2 Å². The molecule has 9 heteroatoms. The van der Waals surface area contributed by atoms with Crippen LogP contribution < -0.4 is 14.8 Å². The molecular formula is C43H48N3O3S3+. The first kappa shape index (κ1) is 37.7. The Hall–Kier alpha value is -4.02. The van der Waals surface area contributed by atoms with Gasteiger partial charge in [-0.3, -0.25) is 0 Å². The summed E-state index contributed by atoms with van der Waals surface area (Å²) in [5.41, 5.74) is 4.21. The van der Waals surface area contributed by atoms with E-state index in [2.05, 4.69) is 108 Å². The maximum Gasteiger partial charge on any atom is 0.243 e. The third-order valence-corrected chi connectivity index (χ3v) is 13.3. The first-order chi connectivity index (χ1) is 25.4. The van der Waals surface area contributed by atoms with E-state index in [1.807, 2.05) is 67.7 Å². The predicted molar refractivity (Wildman–Crippen MR) is 221 cm³/mol. The van der Waals surface area contributed by atoms with Crippen molar-refractivity contribution in [2.75, 3.05) is 42.8 Å². The number of rotatable bonds is 16. The van der Waals surface area contributed by atoms with Crippen LogP contribution in [0.1, 0.15) is 40.5 Å². The molecule has 0 spiro atoms. The van der Waals surface area contributed by atoms with E-state index in [1.165, 1.54) is 14.1 Å². The monoisotopic (exact) mass is 750 g/mol. The van der Waals surface area contributed by atoms with E-state index in [1.54, 1.807) is 6.07 Å². The number of benzene rings is 5. The van der Waals surface area contributed by atoms with Gasteiger partial charge in [0.1, 0.15) is 17.9 Å². The second-order valence-electron chi connectivity index (χ2n) is 12.6. The minimum atomic E-state index is -3.76. The minimum Gasteiger partial charge on any atom is -0.456 e. The molecule has 0 aromatic heterocycles. The van der Waals surface area contributed by atoms with E-state index in [-0.39, 0.29) is 0 Å². The molecule has 2 aliphatic rings. The molecule has 1 aliphatic carbocycles. The fourth-order valence-corrected chi connectivity index (χ4v) is 10.1. The lowest BCUT2D eigenvalue weighted by molar-refractivity contribution is 0.445. The van der Waals surface area contributed by atoms with Gasteiger partial charge in [-0.05, 0) is 55.0 Å². The quantitative estimate of drug-likeness (QED) is 0.0425. The number of hydrogen-bond acceptors (Lipinski definition) is 6. The fraction of sp³-hybridized carbons (Fsp3) is 0.279. The summed E-state index contributed by atoms with van der Waals surface area (Å²) >= 11 is 3.62. The average molecular weight is 751 g/mol. The summed E-state index contributed by atoms with van der Waals surface area (Å²) in [6.07, 6.45) is 2.00. The molecule has 0 N–H and O–H groups in total. The van der Waals surface area contributed by atoms with Crippen LogP contribution in [0, 0.1) is 0 Å². The van der Waals surface area contributed by atoms with Crippen molar-refractivity contribution in [2.45, 2.75) is 55.2 Å². The van der Waals surface area contributed by atoms with Crippen molar-refractivity contribution in [2.24, 2.45) is 0 Å². The third kappa shape index (κ3) is 8.44. The van der Waals surface area contributed by atoms with Gasteiger partial charge >= 0.3 is 0 Å². The molecule has 270 valence electrons. The lowest BCUT2D eigenvalue weighted by Gasteiger charge is -2.25. The molecule has 0 fully saturated rings. The molecule has 0 amide bonds. The van der Waals surface area contributed by atoms with Gasteiger partial charge in [-0.15, -0.1) is 11.8 Å². The van der Waals surface area contributed by atoms with Crippen molar-refractivity contribution < 1.29 is 12.8 Å². The van der Waals surface area contributed by atoms with Crippen LogP contribution in [0.25, 0.3) is 33.4 Å². The van der Waals surface area contributed by atoms with Crippen LogP contribution in [0.2, 0.25) is 0 Å². The lowest BCUT2D eigenvalue weighted by Crippen LogP contribution is -2.31. The lowest BCUT2D eigenvalue weighted by atomic mass is 9.93. The van der Waals surface area contributed by atoms with Gasteiger partial charge in [-0.2, -0.15) is 4.31 Å². The van der Waals surface area contributed by atoms with Gasteiger partial charge in [-0.1, -0.05) is 94.1 Å². The van der Waals surface area contributed by atoms with Crippen molar-refractivity contribution in [3.63, 3.8) is 0 Å². The maximum atomic E-state index is 14.2. The standard InChI is InChI=1S/C43H48N3O3S3/c1-5-27-44(31-50-35-17-11-9-12-18-35)33-23-25-37-40(29-33)49-41-30-34(45(28-6-2)32-51-36-19-13-10-14-20-36)24-26-38(41)43(37)39-21-15-16-22-42(39)52(47,48)46(7-3)8-4/h9-26,29-30H,5-8,27-28,31-32H2,1-4H3/q+1. The molecule has 1 aliphatic heterocycles. The molecule has 0 radical (unpaired) electrons. The number of thioether (sulfide) groups is 2. The first-order valence-corrected chi connectivity index (χ1v) is 21.6. The molecule has 4 aromatic rings. The Balaban J connectivity index is 1.55. The zero-order chi connectivity index (χ0) is 36.5. The van der Waals surface area contributed by atoms with Crippen molar-refractivity contribution in [1.29, 1.82) is 0 Å². The van der Waals surface area contributed by atoms with E-state index in [0.717, 1.165) is 76.6 Å². The summed E-state index contributed by atoms with van der Waals surface area (Å²) in [5.74, 6) is 2.31. The molecule has 4 aromatic carbocycles. The van der Waals surface area contributed by atoms with Crippen molar-refractivity contribution in [3.05, 3.63) is 127 Å². The Morgan fingerprint density at radius 1 is 0.692 bits per heavy atom. The Labute approximate surface area is 317 Å². The minimum absolute atomic E-state index is 0.305. The number of hydrogen-bond donors (Lipinski definition) is 0. The molecule has 1 heterocycles. The predicted octanol–water partition coefficient (Wildman–Crippen LogP) is 10.1. The van der Waals surface area contributed by atoms with Crippen LogP contribution in [0.15, 0.2) is 140 Å². The highest BCUT2D eigenvalue weighted by Gasteiger charge is 2.28. The van der Waals surface area contributed by atoms with Crippen LogP contribution >= 0.6 is 23.5 Å². The van der Waals surface area contributed by atoms with Gasteiger partial charge in [0.2, 0.25) is 15.4 Å². The molecule has 6 rings (SSSR count). The van der Waals surface area contributed by atoms with Gasteiger partial charge in [0.25, 0.3) is 0 Å². The van der Waals surface area contributed by atoms with Crippen molar-refractivity contribution in [3.8, 4) is 22.5 Å². The topological polar surface area (TPSA) is 56.8 Å². The van der Waals surface area contributed by atoms with Gasteiger partial charge in [-0.25, -0.2) is 13.0 Å². The number of fused-ring (bicyclic) bond motifs is 2. The number of anilines is 1. The van der Waals surface area contributed by atoms with Gasteiger partial charge in [0.15, 0.2) is 5.88 Å². The summed E-state index contributed by atoms with van der Waals surface area (Å²) in [6.45, 7) is 10.7. The fourth-order valence-electron chi connectivity index (χ4n) is 6.57. The summed E-state index contributed by atoms with van der Waals surface area (Å²) in [5, 5.41) is 1.95. The van der Waals surface area contributed by atoms with E-state index in [9.17, 15) is 8.42 Å². The highest BCUT2D eigenvalue weighted by atomic mass is 32.2. The largest absolute Gasteiger partial charge is 0.456 e. The van der Waals surface area contributed by atoms with Gasteiger partial charge < -0.3 is 9.32 Å². The molecule has 0 atom stereocenters. The Bertz CT molecular complexity index is 2240. The van der Waals surface area contributed by atoms with Crippen LogP contribution in [-0.2, 0) is 10.0 Å². The summed E-state index contributed by atoms with van der Waals surface area (Å²) in [4.78, 5) is 5.14. The normalized spacial score (nSPS) is 12.5. The van der Waals surface area contributed by atoms with E-state index < -0.39 is 10.0 Å². The van der Waals surface area contributed by atoms with E-state index >= 15 is 0 Å². The molecular weight excluding hydrogens is 703 g/mol. The maximum absolute atomic E-state index is 14.2. The molecule has 0 unspecified atom stereocenters. The second kappa shape index (κ2) is 17.7. The molecule has 0 saturated heterocycles. The summed E-state index contributed by atoms with van der Waals surface area (Å²) < 4.78 is 39.1. The average Bonchev–Trinajstić information content (AvgIpc) is 3.18. The molecule has 52 heavy (non-hydrogen) atoms.